The summed E-state index contributed by atoms with van der Waals surface area (Å²) in [6.45, 7) is 4.24. The van der Waals surface area contributed by atoms with Gasteiger partial charge in [-0.15, -0.1) is 0 Å². The van der Waals surface area contributed by atoms with E-state index in [0.29, 0.717) is 0 Å². The van der Waals surface area contributed by atoms with E-state index in [0.717, 1.165) is 12.2 Å². The van der Waals surface area contributed by atoms with E-state index in [1.807, 2.05) is 36.4 Å². The summed E-state index contributed by atoms with van der Waals surface area (Å²) >= 11 is 0. The SMILES string of the molecule is Cc1ccccc1C.N=C=O.N=C=O.c1ccccc1. The van der Waals surface area contributed by atoms with Crippen LogP contribution in [0.15, 0.2) is 60.7 Å². The molecule has 0 fully saturated rings. The van der Waals surface area contributed by atoms with Gasteiger partial charge in [0.15, 0.2) is 0 Å². The van der Waals surface area contributed by atoms with E-state index in [4.69, 9.17) is 20.4 Å². The first-order valence-electron chi connectivity index (χ1n) is 5.74. The highest BCUT2D eigenvalue weighted by Gasteiger charge is 1.83. The van der Waals surface area contributed by atoms with E-state index in [9.17, 15) is 0 Å². The number of isocyanates is 2. The number of benzene rings is 2. The first-order chi connectivity index (χ1) is 9.63. The van der Waals surface area contributed by atoms with Gasteiger partial charge >= 0.3 is 0 Å². The summed E-state index contributed by atoms with van der Waals surface area (Å²) in [6.07, 6.45) is 1.50. The van der Waals surface area contributed by atoms with Crippen molar-refractivity contribution in [1.29, 1.82) is 10.8 Å². The smallest absolute Gasteiger partial charge is 0.222 e. The van der Waals surface area contributed by atoms with Crippen LogP contribution in [0, 0.1) is 24.7 Å². The Kier molecular flexibility index (Phi) is 15.8. The van der Waals surface area contributed by atoms with Crippen LogP contribution in [0.2, 0.25) is 0 Å². The Morgan fingerprint density at radius 2 is 0.850 bits per heavy atom. The Morgan fingerprint density at radius 1 is 0.650 bits per heavy atom. The predicted molar refractivity (Wildman–Crippen MR) is 79.2 cm³/mol. The largest absolute Gasteiger partial charge is 0.231 e. The van der Waals surface area contributed by atoms with Crippen LogP contribution in [0.25, 0.3) is 0 Å². The molecule has 0 amide bonds. The second-order valence-corrected chi connectivity index (χ2v) is 3.44. The van der Waals surface area contributed by atoms with Gasteiger partial charge in [0.25, 0.3) is 0 Å². The zero-order valence-corrected chi connectivity index (χ0v) is 11.6. The van der Waals surface area contributed by atoms with Crippen LogP contribution in [0.4, 0.5) is 0 Å². The zero-order chi connectivity index (χ0) is 15.6. The third kappa shape index (κ3) is 15.2. The van der Waals surface area contributed by atoms with Crippen LogP contribution in [-0.2, 0) is 9.59 Å². The molecule has 2 rings (SSSR count). The van der Waals surface area contributed by atoms with E-state index in [2.05, 4.69) is 38.1 Å². The van der Waals surface area contributed by atoms with Gasteiger partial charge in [-0.2, -0.15) is 0 Å². The number of hydrogen-bond acceptors (Lipinski definition) is 4. The molecule has 0 aliphatic carbocycles. The van der Waals surface area contributed by atoms with Crippen LogP contribution in [0.1, 0.15) is 11.1 Å². The first-order valence-corrected chi connectivity index (χ1v) is 5.74. The minimum atomic E-state index is 0.750. The van der Waals surface area contributed by atoms with Gasteiger partial charge in [0.1, 0.15) is 0 Å². The number of nitrogens with one attached hydrogen (secondary N) is 2. The van der Waals surface area contributed by atoms with Crippen LogP contribution in [-0.4, -0.2) is 12.2 Å². The molecule has 0 atom stereocenters. The number of carbonyl (C=O) groups excluding carboxylic acids is 2. The summed E-state index contributed by atoms with van der Waals surface area (Å²) in [5, 5.41) is 10.8. The molecule has 0 aliphatic heterocycles. The molecule has 104 valence electrons. The fourth-order valence-electron chi connectivity index (χ4n) is 1.05. The molecule has 0 radical (unpaired) electrons. The minimum Gasteiger partial charge on any atom is -0.222 e. The maximum absolute atomic E-state index is 8.35. The predicted octanol–water partition coefficient (Wildman–Crippen LogP) is 3.79. The molecule has 0 saturated heterocycles. The average Bonchev–Trinajstić information content (AvgIpc) is 2.46. The summed E-state index contributed by atoms with van der Waals surface area (Å²) in [5.41, 5.74) is 2.74. The third-order valence-electron chi connectivity index (χ3n) is 2.09. The highest BCUT2D eigenvalue weighted by molar-refractivity contribution is 5.26. The molecule has 0 spiro atoms. The van der Waals surface area contributed by atoms with Crippen molar-refractivity contribution in [2.75, 3.05) is 0 Å². The molecule has 2 aromatic carbocycles. The van der Waals surface area contributed by atoms with Crippen LogP contribution in [0.3, 0.4) is 0 Å². The maximum atomic E-state index is 8.35. The molecule has 0 saturated carbocycles. The van der Waals surface area contributed by atoms with Crippen molar-refractivity contribution in [3.05, 3.63) is 71.8 Å². The van der Waals surface area contributed by atoms with E-state index in [1.54, 1.807) is 0 Å². The second-order valence-electron chi connectivity index (χ2n) is 3.44. The molecule has 0 heterocycles. The lowest BCUT2D eigenvalue weighted by Crippen LogP contribution is -1.74. The lowest BCUT2D eigenvalue weighted by atomic mass is 10.1. The normalized spacial score (nSPS) is 6.90. The Balaban J connectivity index is 0. The van der Waals surface area contributed by atoms with Crippen LogP contribution >= 0.6 is 0 Å². The molecule has 2 aromatic rings. The van der Waals surface area contributed by atoms with Gasteiger partial charge in [-0.3, -0.25) is 0 Å². The highest BCUT2D eigenvalue weighted by atomic mass is 16.1. The number of aryl methyl sites for hydroxylation is 2. The van der Waals surface area contributed by atoms with Crippen molar-refractivity contribution >= 4 is 12.2 Å². The van der Waals surface area contributed by atoms with Crippen molar-refractivity contribution in [3.63, 3.8) is 0 Å². The van der Waals surface area contributed by atoms with Crippen molar-refractivity contribution < 1.29 is 9.59 Å². The molecule has 20 heavy (non-hydrogen) atoms. The Hall–Kier alpha value is -2.80. The van der Waals surface area contributed by atoms with Crippen LogP contribution < -0.4 is 0 Å². The van der Waals surface area contributed by atoms with Gasteiger partial charge in [-0.05, 0) is 25.0 Å². The van der Waals surface area contributed by atoms with Crippen molar-refractivity contribution in [3.8, 4) is 0 Å². The Morgan fingerprint density at radius 3 is 1.00 bits per heavy atom. The topological polar surface area (TPSA) is 81.8 Å². The highest BCUT2D eigenvalue weighted by Crippen LogP contribution is 2.02. The van der Waals surface area contributed by atoms with Gasteiger partial charge in [-0.25, -0.2) is 20.4 Å². The molecule has 0 aromatic heterocycles. The van der Waals surface area contributed by atoms with E-state index >= 15 is 0 Å². The summed E-state index contributed by atoms with van der Waals surface area (Å²) in [7, 11) is 0. The molecule has 4 nitrogen and oxygen atoms in total. The molecule has 0 aliphatic rings. The molecule has 2 N–H and O–H groups in total. The number of hydrogen-bond donors (Lipinski definition) is 2. The Labute approximate surface area is 119 Å². The van der Waals surface area contributed by atoms with E-state index < -0.39 is 0 Å². The summed E-state index contributed by atoms with van der Waals surface area (Å²) in [4.78, 5) is 16.7. The van der Waals surface area contributed by atoms with Gasteiger partial charge in [0, 0.05) is 0 Å². The summed E-state index contributed by atoms with van der Waals surface area (Å²) < 4.78 is 0. The molecule has 4 heteroatoms. The lowest BCUT2D eigenvalue weighted by Gasteiger charge is -1.93. The van der Waals surface area contributed by atoms with Gasteiger partial charge in [0.05, 0.1) is 0 Å². The summed E-state index contributed by atoms with van der Waals surface area (Å²) in [6, 6.07) is 20.4. The molecule has 0 bridgehead atoms. The van der Waals surface area contributed by atoms with Crippen molar-refractivity contribution in [2.45, 2.75) is 13.8 Å². The van der Waals surface area contributed by atoms with Crippen molar-refractivity contribution in [2.24, 2.45) is 0 Å². The molecule has 0 unspecified atom stereocenters. The fraction of sp³-hybridized carbons (Fsp3) is 0.125. The second kappa shape index (κ2) is 16.2. The summed E-state index contributed by atoms with van der Waals surface area (Å²) in [5.74, 6) is 0. The van der Waals surface area contributed by atoms with Gasteiger partial charge < -0.3 is 0 Å². The fourth-order valence-corrected chi connectivity index (χ4v) is 1.05. The van der Waals surface area contributed by atoms with Crippen molar-refractivity contribution in [1.82, 2.24) is 0 Å². The maximum Gasteiger partial charge on any atom is 0.231 e. The third-order valence-corrected chi connectivity index (χ3v) is 2.09. The van der Waals surface area contributed by atoms with Gasteiger partial charge in [0.2, 0.25) is 12.2 Å². The first kappa shape index (κ1) is 19.5. The molecular formula is C16H18N2O2. The quantitative estimate of drug-likeness (QED) is 0.564. The zero-order valence-electron chi connectivity index (χ0n) is 11.6. The van der Waals surface area contributed by atoms with E-state index in [-0.39, 0.29) is 0 Å². The van der Waals surface area contributed by atoms with E-state index in [1.165, 1.54) is 11.1 Å². The van der Waals surface area contributed by atoms with Crippen LogP contribution in [0.5, 0.6) is 0 Å². The minimum absolute atomic E-state index is 0.750. The molecular weight excluding hydrogens is 252 g/mol. The monoisotopic (exact) mass is 270 g/mol. The van der Waals surface area contributed by atoms with Gasteiger partial charge in [-0.1, -0.05) is 60.7 Å². The lowest BCUT2D eigenvalue weighted by molar-refractivity contribution is 0.562. The average molecular weight is 270 g/mol. The Bertz CT molecular complexity index is 453. The number of rotatable bonds is 0. The standard InChI is InChI=1S/C8H10.C6H6.2CHNO/c1-7-5-3-4-6-8(7)2;1-2-4-6-5-3-1;2*2-1-3/h3-6H,1-2H3;1-6H;2*2H.